The fraction of sp³-hybridized carbons (Fsp3) is 0.923. The molecule has 3 saturated heterocycles. The van der Waals surface area contributed by atoms with Gasteiger partial charge in [-0.05, 0) is 12.8 Å². The number of ether oxygens (including phenoxy) is 4. The zero-order valence-corrected chi connectivity index (χ0v) is 21.6. The SMILES string of the molecule is CC[C@@H]1C[C@@H]2C[C@H](O)C(C)(C)[C@H](CC(=O)O[C@H](CC)C[C@@H]3C[C@H](O)C(C)(C)[C@H](CC(=O)O1)O3)O2. The number of carbonyl (C=O) groups excluding carboxylic acids is 2. The van der Waals surface area contributed by atoms with E-state index in [1.165, 1.54) is 0 Å². The van der Waals surface area contributed by atoms with Crippen molar-refractivity contribution in [2.75, 3.05) is 0 Å². The van der Waals surface area contributed by atoms with Crippen LogP contribution in [0.1, 0.15) is 92.9 Å². The van der Waals surface area contributed by atoms with Gasteiger partial charge in [0.2, 0.25) is 0 Å². The van der Waals surface area contributed by atoms with Crippen LogP contribution in [0.3, 0.4) is 0 Å². The molecule has 2 N–H and O–H groups in total. The van der Waals surface area contributed by atoms with E-state index in [4.69, 9.17) is 18.9 Å². The molecule has 3 rings (SSSR count). The monoisotopic (exact) mass is 484 g/mol. The van der Waals surface area contributed by atoms with Crippen molar-refractivity contribution in [3.8, 4) is 0 Å². The molecular formula is C26H44O8. The predicted octanol–water partition coefficient (Wildman–Crippen LogP) is 3.29. The van der Waals surface area contributed by atoms with E-state index in [1.54, 1.807) is 0 Å². The van der Waals surface area contributed by atoms with E-state index in [9.17, 15) is 19.8 Å². The zero-order valence-electron chi connectivity index (χ0n) is 21.6. The molecule has 8 nitrogen and oxygen atoms in total. The Morgan fingerprint density at radius 1 is 0.706 bits per heavy atom. The normalized spacial score (nSPS) is 41.3. The number of rotatable bonds is 2. The summed E-state index contributed by atoms with van der Waals surface area (Å²) in [4.78, 5) is 25.8. The first-order chi connectivity index (χ1) is 15.9. The number of aliphatic hydroxyl groups excluding tert-OH is 2. The molecule has 0 amide bonds. The lowest BCUT2D eigenvalue weighted by Gasteiger charge is -2.47. The first kappa shape index (κ1) is 27.4. The molecule has 34 heavy (non-hydrogen) atoms. The highest BCUT2D eigenvalue weighted by Gasteiger charge is 2.48. The minimum atomic E-state index is -0.645. The molecule has 0 saturated carbocycles. The van der Waals surface area contributed by atoms with Gasteiger partial charge < -0.3 is 29.2 Å². The second kappa shape index (κ2) is 10.8. The molecule has 0 spiro atoms. The maximum absolute atomic E-state index is 12.9. The molecule has 4 bridgehead atoms. The number of cyclic esters (lactones) is 2. The first-order valence-corrected chi connectivity index (χ1v) is 12.9. The van der Waals surface area contributed by atoms with Crippen LogP contribution in [0.2, 0.25) is 0 Å². The van der Waals surface area contributed by atoms with Gasteiger partial charge in [0.25, 0.3) is 0 Å². The van der Waals surface area contributed by atoms with Crippen molar-refractivity contribution in [1.82, 2.24) is 0 Å². The Labute approximate surface area is 203 Å². The van der Waals surface area contributed by atoms with Crippen LogP contribution in [0.15, 0.2) is 0 Å². The molecular weight excluding hydrogens is 440 g/mol. The summed E-state index contributed by atoms with van der Waals surface area (Å²) in [6, 6.07) is 0. The van der Waals surface area contributed by atoms with Gasteiger partial charge >= 0.3 is 11.9 Å². The molecule has 0 aromatic rings. The number of fused-ring (bicyclic) bond motifs is 4. The van der Waals surface area contributed by atoms with Gasteiger partial charge in [0.1, 0.15) is 12.2 Å². The van der Waals surface area contributed by atoms with Crippen molar-refractivity contribution in [3.63, 3.8) is 0 Å². The van der Waals surface area contributed by atoms with Crippen molar-refractivity contribution < 1.29 is 38.7 Å². The maximum Gasteiger partial charge on any atom is 0.308 e. The fourth-order valence-electron chi connectivity index (χ4n) is 5.34. The Morgan fingerprint density at radius 3 is 1.38 bits per heavy atom. The number of aliphatic hydroxyl groups is 2. The quantitative estimate of drug-likeness (QED) is 0.575. The Balaban J connectivity index is 1.86. The van der Waals surface area contributed by atoms with E-state index in [-0.39, 0.29) is 49.2 Å². The summed E-state index contributed by atoms with van der Waals surface area (Å²) < 4.78 is 24.2. The topological polar surface area (TPSA) is 112 Å². The highest BCUT2D eigenvalue weighted by molar-refractivity contribution is 5.71. The van der Waals surface area contributed by atoms with E-state index in [2.05, 4.69) is 0 Å². The summed E-state index contributed by atoms with van der Waals surface area (Å²) in [5, 5.41) is 21.7. The van der Waals surface area contributed by atoms with Gasteiger partial charge in [0.05, 0.1) is 49.5 Å². The summed E-state index contributed by atoms with van der Waals surface area (Å²) in [5.41, 5.74) is -1.23. The van der Waals surface area contributed by atoms with Crippen LogP contribution < -0.4 is 0 Å². The first-order valence-electron chi connectivity index (χ1n) is 12.9. The van der Waals surface area contributed by atoms with Gasteiger partial charge in [0.15, 0.2) is 0 Å². The zero-order chi connectivity index (χ0) is 25.3. The highest BCUT2D eigenvalue weighted by Crippen LogP contribution is 2.41. The van der Waals surface area contributed by atoms with E-state index in [0.717, 1.165) is 0 Å². The van der Waals surface area contributed by atoms with Gasteiger partial charge in [-0.15, -0.1) is 0 Å². The molecule has 3 aliphatic heterocycles. The molecule has 0 aliphatic carbocycles. The number of hydrogen-bond acceptors (Lipinski definition) is 8. The van der Waals surface area contributed by atoms with Crippen molar-refractivity contribution in [2.24, 2.45) is 10.8 Å². The lowest BCUT2D eigenvalue weighted by molar-refractivity contribution is -0.204. The van der Waals surface area contributed by atoms with Gasteiger partial charge in [-0.25, -0.2) is 0 Å². The molecule has 0 aromatic carbocycles. The molecule has 3 aliphatic rings. The van der Waals surface area contributed by atoms with Crippen LogP contribution in [-0.2, 0) is 28.5 Å². The Bertz CT molecular complexity index is 660. The van der Waals surface area contributed by atoms with Gasteiger partial charge in [-0.1, -0.05) is 41.5 Å². The summed E-state index contributed by atoms with van der Waals surface area (Å²) in [6.45, 7) is 11.5. The van der Waals surface area contributed by atoms with Crippen LogP contribution in [0.25, 0.3) is 0 Å². The van der Waals surface area contributed by atoms with E-state index >= 15 is 0 Å². The van der Waals surface area contributed by atoms with Crippen LogP contribution in [0.5, 0.6) is 0 Å². The number of hydrogen-bond donors (Lipinski definition) is 2. The van der Waals surface area contributed by atoms with Gasteiger partial charge in [-0.2, -0.15) is 0 Å². The third kappa shape index (κ3) is 6.12. The highest BCUT2D eigenvalue weighted by atomic mass is 16.6. The average Bonchev–Trinajstić information content (AvgIpc) is 2.74. The second-order valence-corrected chi connectivity index (χ2v) is 11.6. The van der Waals surface area contributed by atoms with Crippen molar-refractivity contribution in [1.29, 1.82) is 0 Å². The summed E-state index contributed by atoms with van der Waals surface area (Å²) in [7, 11) is 0. The van der Waals surface area contributed by atoms with Gasteiger partial charge in [0, 0.05) is 36.5 Å². The van der Waals surface area contributed by atoms with Crippen molar-refractivity contribution in [3.05, 3.63) is 0 Å². The van der Waals surface area contributed by atoms with Gasteiger partial charge in [-0.3, -0.25) is 9.59 Å². The number of carbonyl (C=O) groups is 2. The Morgan fingerprint density at radius 2 is 1.06 bits per heavy atom. The fourth-order valence-corrected chi connectivity index (χ4v) is 5.34. The molecule has 3 fully saturated rings. The lowest BCUT2D eigenvalue weighted by atomic mass is 9.74. The van der Waals surface area contributed by atoms with Crippen LogP contribution >= 0.6 is 0 Å². The van der Waals surface area contributed by atoms with Crippen LogP contribution in [-0.4, -0.2) is 71.0 Å². The molecule has 8 heteroatoms. The van der Waals surface area contributed by atoms with Crippen LogP contribution in [0, 0.1) is 10.8 Å². The van der Waals surface area contributed by atoms with Crippen LogP contribution in [0.4, 0.5) is 0 Å². The summed E-state index contributed by atoms with van der Waals surface area (Å²) in [5.74, 6) is -0.729. The molecule has 8 atom stereocenters. The molecule has 3 heterocycles. The minimum Gasteiger partial charge on any atom is -0.462 e. The molecule has 196 valence electrons. The number of esters is 2. The summed E-state index contributed by atoms with van der Waals surface area (Å²) in [6.07, 6.45) is -0.709. The van der Waals surface area contributed by atoms with E-state index in [0.29, 0.717) is 38.5 Å². The van der Waals surface area contributed by atoms with Crippen molar-refractivity contribution >= 4 is 11.9 Å². The molecule has 0 aromatic heterocycles. The minimum absolute atomic E-state index is 0.0391. The molecule has 0 radical (unpaired) electrons. The maximum atomic E-state index is 12.9. The second-order valence-electron chi connectivity index (χ2n) is 11.6. The third-order valence-corrected chi connectivity index (χ3v) is 8.33. The third-order valence-electron chi connectivity index (χ3n) is 8.33. The average molecular weight is 485 g/mol. The van der Waals surface area contributed by atoms with E-state index < -0.39 is 35.2 Å². The molecule has 0 unspecified atom stereocenters. The smallest absolute Gasteiger partial charge is 0.308 e. The summed E-state index contributed by atoms with van der Waals surface area (Å²) >= 11 is 0. The lowest BCUT2D eigenvalue weighted by Crippen LogP contribution is -2.53. The van der Waals surface area contributed by atoms with Crippen molar-refractivity contribution in [2.45, 2.75) is 142 Å². The van der Waals surface area contributed by atoms with E-state index in [1.807, 2.05) is 41.5 Å². The predicted molar refractivity (Wildman–Crippen MR) is 125 cm³/mol. The standard InChI is InChI=1S/C26H44O8/c1-7-15-9-17-11-19(27)25(3,4)22(31-17)14-24(30)34-16(8-2)10-18-12-20(28)26(5,6)21(32-18)13-23(29)33-15/h15-22,27-28H,7-14H2,1-6H3/t15-,16-,17-,18-,19+,20+,21+,22+/m1/s1. The Kier molecular flexibility index (Phi) is 8.70. The largest absolute Gasteiger partial charge is 0.462 e. The Hall–Kier alpha value is -1.22.